The standard InChI is InChI=1S/C12H12BrN3O2S/c1-2-11-15-16-12(19-11)14-10(17)7-18-9-6-4-3-5-8(9)13/h3-6H,2,7H2,1H3,(H,14,16,17). The monoisotopic (exact) mass is 341 g/mol. The van der Waals surface area contributed by atoms with Gasteiger partial charge in [0.15, 0.2) is 6.61 Å². The van der Waals surface area contributed by atoms with E-state index in [1.165, 1.54) is 11.3 Å². The molecule has 2 rings (SSSR count). The molecule has 100 valence electrons. The third kappa shape index (κ3) is 4.00. The number of carbonyl (C=O) groups is 1. The van der Waals surface area contributed by atoms with Crippen LogP contribution in [-0.4, -0.2) is 22.7 Å². The van der Waals surface area contributed by atoms with Gasteiger partial charge in [-0.05, 0) is 34.5 Å². The molecule has 0 radical (unpaired) electrons. The second-order valence-corrected chi connectivity index (χ2v) is 5.54. The average Bonchev–Trinajstić information content (AvgIpc) is 2.85. The van der Waals surface area contributed by atoms with Gasteiger partial charge in [-0.25, -0.2) is 0 Å². The fraction of sp³-hybridized carbons (Fsp3) is 0.250. The lowest BCUT2D eigenvalue weighted by Gasteiger charge is -2.06. The Labute approximate surface area is 123 Å². The van der Waals surface area contributed by atoms with Crippen LogP contribution in [0, 0.1) is 0 Å². The zero-order valence-corrected chi connectivity index (χ0v) is 12.6. The van der Waals surface area contributed by atoms with Crippen LogP contribution in [0.3, 0.4) is 0 Å². The second-order valence-electron chi connectivity index (χ2n) is 3.62. The number of para-hydroxylation sites is 1. The number of anilines is 1. The molecule has 1 heterocycles. The number of aryl methyl sites for hydroxylation is 1. The van der Waals surface area contributed by atoms with Gasteiger partial charge in [0.2, 0.25) is 5.13 Å². The van der Waals surface area contributed by atoms with Gasteiger partial charge in [0.05, 0.1) is 4.47 Å². The number of amides is 1. The Bertz CT molecular complexity index is 574. The van der Waals surface area contributed by atoms with Crippen LogP contribution in [0.15, 0.2) is 28.7 Å². The van der Waals surface area contributed by atoms with Crippen molar-refractivity contribution < 1.29 is 9.53 Å². The van der Waals surface area contributed by atoms with Gasteiger partial charge < -0.3 is 4.74 Å². The van der Waals surface area contributed by atoms with Crippen molar-refractivity contribution >= 4 is 38.3 Å². The minimum Gasteiger partial charge on any atom is -0.483 e. The number of hydrogen-bond donors (Lipinski definition) is 1. The lowest BCUT2D eigenvalue weighted by Crippen LogP contribution is -2.20. The van der Waals surface area contributed by atoms with Gasteiger partial charge in [-0.3, -0.25) is 10.1 Å². The predicted octanol–water partition coefficient (Wildman–Crippen LogP) is 2.88. The molecule has 7 heteroatoms. The molecule has 0 atom stereocenters. The van der Waals surface area contributed by atoms with E-state index in [1.807, 2.05) is 25.1 Å². The summed E-state index contributed by atoms with van der Waals surface area (Å²) in [7, 11) is 0. The van der Waals surface area contributed by atoms with E-state index in [9.17, 15) is 4.79 Å². The average molecular weight is 342 g/mol. The molecule has 0 aliphatic carbocycles. The summed E-state index contributed by atoms with van der Waals surface area (Å²) >= 11 is 4.72. The van der Waals surface area contributed by atoms with Gasteiger partial charge in [0.25, 0.3) is 5.91 Å². The van der Waals surface area contributed by atoms with Gasteiger partial charge in [-0.2, -0.15) is 0 Å². The van der Waals surface area contributed by atoms with Crippen molar-refractivity contribution in [1.29, 1.82) is 0 Å². The Morgan fingerprint density at radius 2 is 2.21 bits per heavy atom. The first kappa shape index (κ1) is 14.0. The molecule has 0 aliphatic rings. The molecule has 0 spiro atoms. The van der Waals surface area contributed by atoms with Crippen molar-refractivity contribution in [2.75, 3.05) is 11.9 Å². The zero-order chi connectivity index (χ0) is 13.7. The van der Waals surface area contributed by atoms with Crippen molar-refractivity contribution in [3.8, 4) is 5.75 Å². The molecule has 0 fully saturated rings. The number of halogens is 1. The van der Waals surface area contributed by atoms with E-state index >= 15 is 0 Å². The lowest BCUT2D eigenvalue weighted by atomic mass is 10.3. The van der Waals surface area contributed by atoms with Crippen LogP contribution >= 0.6 is 27.3 Å². The fourth-order valence-electron chi connectivity index (χ4n) is 1.31. The van der Waals surface area contributed by atoms with E-state index < -0.39 is 0 Å². The smallest absolute Gasteiger partial charge is 0.264 e. The van der Waals surface area contributed by atoms with Crippen molar-refractivity contribution in [3.05, 3.63) is 33.7 Å². The highest BCUT2D eigenvalue weighted by molar-refractivity contribution is 9.10. The van der Waals surface area contributed by atoms with Gasteiger partial charge in [-0.15, -0.1) is 10.2 Å². The quantitative estimate of drug-likeness (QED) is 0.908. The molecule has 1 aromatic carbocycles. The lowest BCUT2D eigenvalue weighted by molar-refractivity contribution is -0.118. The molecule has 0 saturated heterocycles. The van der Waals surface area contributed by atoms with Gasteiger partial charge in [0.1, 0.15) is 10.8 Å². The van der Waals surface area contributed by atoms with Crippen molar-refractivity contribution in [1.82, 2.24) is 10.2 Å². The number of rotatable bonds is 5. The number of benzene rings is 1. The molecule has 0 aliphatic heterocycles. The highest BCUT2D eigenvalue weighted by Crippen LogP contribution is 2.23. The topological polar surface area (TPSA) is 64.1 Å². The number of ether oxygens (including phenoxy) is 1. The van der Waals surface area contributed by atoms with E-state index in [4.69, 9.17) is 4.74 Å². The highest BCUT2D eigenvalue weighted by atomic mass is 79.9. The van der Waals surface area contributed by atoms with E-state index in [0.29, 0.717) is 10.9 Å². The van der Waals surface area contributed by atoms with E-state index in [0.717, 1.165) is 15.9 Å². The molecule has 1 amide bonds. The van der Waals surface area contributed by atoms with Crippen LogP contribution in [-0.2, 0) is 11.2 Å². The minimum absolute atomic E-state index is 0.0658. The van der Waals surface area contributed by atoms with Crippen molar-refractivity contribution in [3.63, 3.8) is 0 Å². The molecular formula is C12H12BrN3O2S. The first-order valence-corrected chi connectivity index (χ1v) is 7.29. The van der Waals surface area contributed by atoms with Crippen LogP contribution in [0.2, 0.25) is 0 Å². The Morgan fingerprint density at radius 1 is 1.42 bits per heavy atom. The number of nitrogens with one attached hydrogen (secondary N) is 1. The Morgan fingerprint density at radius 3 is 2.89 bits per heavy atom. The molecule has 0 saturated carbocycles. The summed E-state index contributed by atoms with van der Waals surface area (Å²) in [5.74, 6) is 0.374. The maximum absolute atomic E-state index is 11.7. The summed E-state index contributed by atoms with van der Waals surface area (Å²) in [6.07, 6.45) is 0.807. The summed E-state index contributed by atoms with van der Waals surface area (Å²) < 4.78 is 6.21. The summed E-state index contributed by atoms with van der Waals surface area (Å²) in [5.41, 5.74) is 0. The Hall–Kier alpha value is -1.47. The largest absolute Gasteiger partial charge is 0.483 e. The third-order valence-electron chi connectivity index (χ3n) is 2.21. The molecule has 2 aromatic rings. The number of carbonyl (C=O) groups excluding carboxylic acids is 1. The molecule has 1 aromatic heterocycles. The molecule has 5 nitrogen and oxygen atoms in total. The fourth-order valence-corrected chi connectivity index (χ4v) is 2.40. The molecule has 0 bridgehead atoms. The maximum Gasteiger partial charge on any atom is 0.264 e. The first-order chi connectivity index (χ1) is 9.19. The molecular weight excluding hydrogens is 330 g/mol. The van der Waals surface area contributed by atoms with E-state index in [-0.39, 0.29) is 12.5 Å². The SMILES string of the molecule is CCc1nnc(NC(=O)COc2ccccc2Br)s1. The van der Waals surface area contributed by atoms with Gasteiger partial charge >= 0.3 is 0 Å². The normalized spacial score (nSPS) is 10.2. The summed E-state index contributed by atoms with van der Waals surface area (Å²) in [5, 5.41) is 11.8. The highest BCUT2D eigenvalue weighted by Gasteiger charge is 2.08. The van der Waals surface area contributed by atoms with Crippen LogP contribution < -0.4 is 10.1 Å². The predicted molar refractivity (Wildman–Crippen MR) is 77.6 cm³/mol. The summed E-state index contributed by atoms with van der Waals surface area (Å²) in [6.45, 7) is 1.92. The molecule has 19 heavy (non-hydrogen) atoms. The third-order valence-corrected chi connectivity index (χ3v) is 3.85. The van der Waals surface area contributed by atoms with E-state index in [1.54, 1.807) is 6.07 Å². The van der Waals surface area contributed by atoms with Crippen LogP contribution in [0.4, 0.5) is 5.13 Å². The Kier molecular flexibility index (Phi) is 4.86. The second kappa shape index (κ2) is 6.63. The van der Waals surface area contributed by atoms with Crippen LogP contribution in [0.5, 0.6) is 5.75 Å². The maximum atomic E-state index is 11.7. The van der Waals surface area contributed by atoms with Crippen molar-refractivity contribution in [2.24, 2.45) is 0 Å². The first-order valence-electron chi connectivity index (χ1n) is 5.68. The Balaban J connectivity index is 1.86. The summed E-state index contributed by atoms with van der Waals surface area (Å²) in [6, 6.07) is 7.36. The van der Waals surface area contributed by atoms with E-state index in [2.05, 4.69) is 31.4 Å². The zero-order valence-electron chi connectivity index (χ0n) is 10.2. The number of nitrogens with zero attached hydrogens (tertiary/aromatic N) is 2. The van der Waals surface area contributed by atoms with Gasteiger partial charge in [-0.1, -0.05) is 30.4 Å². The summed E-state index contributed by atoms with van der Waals surface area (Å²) in [4.78, 5) is 11.7. The van der Waals surface area contributed by atoms with Crippen molar-refractivity contribution in [2.45, 2.75) is 13.3 Å². The van der Waals surface area contributed by atoms with Crippen LogP contribution in [0.25, 0.3) is 0 Å². The number of hydrogen-bond acceptors (Lipinski definition) is 5. The van der Waals surface area contributed by atoms with Crippen LogP contribution in [0.1, 0.15) is 11.9 Å². The molecule has 1 N–H and O–H groups in total. The van der Waals surface area contributed by atoms with Gasteiger partial charge in [0, 0.05) is 0 Å². The minimum atomic E-state index is -0.255. The number of aromatic nitrogens is 2. The molecule has 0 unspecified atom stereocenters.